The second kappa shape index (κ2) is 23.7. The molecule has 0 bridgehead atoms. The van der Waals surface area contributed by atoms with Crippen LogP contribution in [-0.4, -0.2) is 112 Å². The van der Waals surface area contributed by atoms with Crippen LogP contribution in [0.3, 0.4) is 0 Å². The fraction of sp³-hybridized carbons (Fsp3) is 0.261. The summed E-state index contributed by atoms with van der Waals surface area (Å²) < 4.78 is 101. The van der Waals surface area contributed by atoms with Gasteiger partial charge in [-0.05, 0) is 47.5 Å². The zero-order chi connectivity index (χ0) is 50.4. The monoisotopic (exact) mass is 1020 g/mol. The first-order valence-corrected chi connectivity index (χ1v) is 25.3. The van der Waals surface area contributed by atoms with Crippen molar-refractivity contribution in [3.63, 3.8) is 0 Å². The van der Waals surface area contributed by atoms with Crippen molar-refractivity contribution in [2.24, 2.45) is 8.73 Å². The molecule has 19 nitrogen and oxygen atoms in total. The smallest absolute Gasteiger partial charge is 0.442 e. The van der Waals surface area contributed by atoms with Crippen LogP contribution in [0.25, 0.3) is 11.6 Å². The molecule has 0 radical (unpaired) electrons. The maximum atomic E-state index is 14.1. The average molecular weight is 1020 g/mol. The number of halogens is 4. The highest BCUT2D eigenvalue weighted by molar-refractivity contribution is 7.94. The van der Waals surface area contributed by atoms with E-state index in [0.29, 0.717) is 5.69 Å². The summed E-state index contributed by atoms with van der Waals surface area (Å²) >= 11 is 0. The molecule has 4 heterocycles. The van der Waals surface area contributed by atoms with Gasteiger partial charge in [0.15, 0.2) is 0 Å². The number of aromatic nitrogens is 4. The maximum Gasteiger partial charge on any atom is 0.442 e. The van der Waals surface area contributed by atoms with Crippen LogP contribution in [0.5, 0.6) is 0 Å². The molecule has 372 valence electrons. The van der Waals surface area contributed by atoms with Crippen LogP contribution in [0.2, 0.25) is 0 Å². The van der Waals surface area contributed by atoms with Gasteiger partial charge in [-0.1, -0.05) is 72.8 Å². The van der Waals surface area contributed by atoms with Crippen LogP contribution in [0.1, 0.15) is 29.1 Å². The summed E-state index contributed by atoms with van der Waals surface area (Å²) in [5.41, 5.74) is 2.47. The van der Waals surface area contributed by atoms with Gasteiger partial charge in [-0.15, -0.1) is 18.9 Å². The molecule has 2 aliphatic rings. The second-order valence-electron chi connectivity index (χ2n) is 15.5. The maximum absolute atomic E-state index is 14.1. The van der Waals surface area contributed by atoms with Crippen molar-refractivity contribution >= 4 is 55.1 Å². The number of benzene rings is 4. The van der Waals surface area contributed by atoms with E-state index in [2.05, 4.69) is 34.2 Å². The molecule has 6 amide bonds. The first-order valence-electron chi connectivity index (χ1n) is 21.6. The normalized spacial score (nSPS) is 14.8. The molecule has 4 aromatic carbocycles. The van der Waals surface area contributed by atoms with E-state index >= 15 is 0 Å². The summed E-state index contributed by atoms with van der Waals surface area (Å²) in [5, 5.41) is 9.37. The number of nitrogens with zero attached hydrogens (tertiary/aromatic N) is 9. The molecule has 2 fully saturated rings. The molecule has 0 spiro atoms. The lowest BCUT2D eigenvalue weighted by molar-refractivity contribution is 0.116. The van der Waals surface area contributed by atoms with E-state index in [4.69, 9.17) is 13.9 Å². The number of rotatable bonds is 10. The van der Waals surface area contributed by atoms with Gasteiger partial charge in [-0.2, -0.15) is 8.78 Å². The first kappa shape index (κ1) is 51.1. The highest BCUT2D eigenvalue weighted by Gasteiger charge is 2.30. The highest BCUT2D eigenvalue weighted by Crippen LogP contribution is 2.24. The lowest BCUT2D eigenvalue weighted by atomic mass is 10.2. The van der Waals surface area contributed by atoms with E-state index in [1.807, 2.05) is 36.4 Å². The summed E-state index contributed by atoms with van der Waals surface area (Å²) in [6, 6.07) is 28.1. The number of hydrogen-bond donors (Lipinski definition) is 1. The molecule has 25 heteroatoms. The van der Waals surface area contributed by atoms with Gasteiger partial charge in [0.05, 0.1) is 67.1 Å². The summed E-state index contributed by atoms with van der Waals surface area (Å²) in [7, 11) is -5.73. The predicted octanol–water partition coefficient (Wildman–Crippen LogP) is 8.33. The van der Waals surface area contributed by atoms with Gasteiger partial charge in [0.25, 0.3) is 11.8 Å². The topological polar surface area (TPSA) is 232 Å². The molecule has 71 heavy (non-hydrogen) atoms. The van der Waals surface area contributed by atoms with E-state index in [1.165, 1.54) is 69.6 Å². The van der Waals surface area contributed by atoms with Gasteiger partial charge in [-0.3, -0.25) is 9.88 Å². The van der Waals surface area contributed by atoms with Crippen molar-refractivity contribution in [3.8, 4) is 11.6 Å². The quantitative estimate of drug-likeness (QED) is 0.127. The van der Waals surface area contributed by atoms with Gasteiger partial charge in [0.2, 0.25) is 0 Å². The Bertz CT molecular complexity index is 3060. The van der Waals surface area contributed by atoms with Crippen molar-refractivity contribution in [2.45, 2.75) is 26.2 Å². The Kier molecular flexibility index (Phi) is 17.0. The van der Waals surface area contributed by atoms with E-state index in [0.717, 1.165) is 11.1 Å². The Labute approximate surface area is 404 Å². The largest absolute Gasteiger partial charge is 0.443 e. The van der Waals surface area contributed by atoms with Crippen molar-refractivity contribution in [1.82, 2.24) is 30.0 Å². The molecule has 8 rings (SSSR count). The minimum atomic E-state index is -2.96. The van der Waals surface area contributed by atoms with Gasteiger partial charge in [0, 0.05) is 37.6 Å². The van der Waals surface area contributed by atoms with Crippen molar-refractivity contribution < 1.29 is 59.0 Å². The van der Waals surface area contributed by atoms with E-state index in [-0.39, 0.29) is 91.9 Å². The third-order valence-corrected chi connectivity index (χ3v) is 14.7. The first-order chi connectivity index (χ1) is 34.1. The summed E-state index contributed by atoms with van der Waals surface area (Å²) in [4.78, 5) is 62.5. The van der Waals surface area contributed by atoms with Gasteiger partial charge in [-0.25, -0.2) is 41.4 Å². The van der Waals surface area contributed by atoms with Gasteiger partial charge < -0.3 is 29.0 Å². The third-order valence-electron chi connectivity index (χ3n) is 10.5. The number of carbonyl (C=O) groups excluding carboxylic acids is 4. The standard InChI is InChI=1S/C27H24F3N7O5S.C19H20FN3O4S/c28-19-7-4-8-21(13-19)37(16-20-14-32-22(15-31-20)24-33-34-25(42-24)23(29)30)27(39)36-9-11-43(40,12-10-36)35-26(38)41-17-18-5-2-1-3-6-18;20-16-7-4-8-17(13-16)21-18(24)23-9-11-28(26,12-10-23)22-19(25)27-14-15-5-2-1-3-6-15/h1-8,13-15,23H,9-12,16-17H2;1-8,13H,9-12,14H2,(H,21,24). The lowest BCUT2D eigenvalue weighted by Gasteiger charge is -2.33. The number of nitrogens with one attached hydrogen (secondary N) is 1. The number of hydrogen-bond acceptors (Lipinski definition) is 13. The average Bonchev–Trinajstić information content (AvgIpc) is 3.87. The molecule has 6 aromatic rings. The Hall–Kier alpha value is -7.80. The van der Waals surface area contributed by atoms with Crippen LogP contribution < -0.4 is 10.2 Å². The summed E-state index contributed by atoms with van der Waals surface area (Å²) in [6.45, 7) is 0.303. The number of ether oxygens (including phenoxy) is 2. The van der Waals surface area contributed by atoms with E-state index in [9.17, 15) is 45.2 Å². The zero-order valence-corrected chi connectivity index (χ0v) is 39.1. The molecule has 2 aliphatic heterocycles. The van der Waals surface area contributed by atoms with Crippen LogP contribution in [0.15, 0.2) is 135 Å². The number of urea groups is 2. The Morgan fingerprint density at radius 1 is 0.690 bits per heavy atom. The van der Waals surface area contributed by atoms with Crippen molar-refractivity contribution in [3.05, 3.63) is 156 Å². The Morgan fingerprint density at radius 2 is 1.24 bits per heavy atom. The molecule has 0 saturated carbocycles. The van der Waals surface area contributed by atoms with Crippen LogP contribution >= 0.6 is 0 Å². The molecule has 2 aromatic heterocycles. The highest BCUT2D eigenvalue weighted by atomic mass is 32.2. The molecular weight excluding hydrogens is 977 g/mol. The lowest BCUT2D eigenvalue weighted by Crippen LogP contribution is -2.50. The van der Waals surface area contributed by atoms with Crippen LogP contribution in [-0.2, 0) is 48.7 Å². The molecule has 2 saturated heterocycles. The predicted molar refractivity (Wildman–Crippen MR) is 251 cm³/mol. The summed E-state index contributed by atoms with van der Waals surface area (Å²) in [5.74, 6) is -2.10. The minimum Gasteiger partial charge on any atom is -0.443 e. The Balaban J connectivity index is 0.000000229. The van der Waals surface area contributed by atoms with Gasteiger partial charge in [0.1, 0.15) is 30.5 Å². The molecule has 0 atom stereocenters. The van der Waals surface area contributed by atoms with Crippen LogP contribution in [0, 0.1) is 11.6 Å². The van der Waals surface area contributed by atoms with E-state index in [1.54, 1.807) is 30.3 Å². The molecular formula is C46H44F4N10O9S2. The zero-order valence-electron chi connectivity index (χ0n) is 37.4. The Morgan fingerprint density at radius 3 is 1.75 bits per heavy atom. The van der Waals surface area contributed by atoms with E-state index < -0.39 is 67.7 Å². The molecule has 0 aliphatic carbocycles. The van der Waals surface area contributed by atoms with Crippen LogP contribution in [0.4, 0.5) is 48.1 Å². The number of amides is 6. The third kappa shape index (κ3) is 14.9. The fourth-order valence-electron chi connectivity index (χ4n) is 6.77. The molecule has 1 N–H and O–H groups in total. The molecule has 0 unspecified atom stereocenters. The van der Waals surface area contributed by atoms with Crippen molar-refractivity contribution in [2.75, 3.05) is 59.4 Å². The fourth-order valence-corrected chi connectivity index (χ4v) is 10.2. The number of carbonyl (C=O) groups is 4. The van der Waals surface area contributed by atoms with Gasteiger partial charge >= 0.3 is 30.7 Å². The second-order valence-corrected chi connectivity index (χ2v) is 20.6. The number of anilines is 2. The number of alkyl halides is 2. The minimum absolute atomic E-state index is 0.0125. The SMILES string of the molecule is O=C(N=S1(=O)CCN(C(=O)N(Cc2cnc(-c3nnc(C(F)F)o3)cn2)c2cccc(F)c2)CC1)OCc1ccccc1.O=C(N=S1(=O)CCN(C(=O)Nc2cccc(F)c2)CC1)OCc1ccccc1. The summed E-state index contributed by atoms with van der Waals surface area (Å²) in [6.07, 6.45) is -2.23. The van der Waals surface area contributed by atoms with Crippen molar-refractivity contribution in [1.29, 1.82) is 0 Å².